The second-order valence-electron chi connectivity index (χ2n) is 7.13. The first-order valence-electron chi connectivity index (χ1n) is 8.84. The normalized spacial score (nSPS) is 28.7. The molecule has 1 unspecified atom stereocenters. The van der Waals surface area contributed by atoms with Crippen LogP contribution in [0.3, 0.4) is 0 Å². The van der Waals surface area contributed by atoms with E-state index in [1.807, 2.05) is 6.07 Å². The zero-order chi connectivity index (χ0) is 17.6. The molecular formula is C20H23IN2O2. The monoisotopic (exact) mass is 450 g/mol. The molecule has 2 aliphatic rings. The first-order chi connectivity index (χ1) is 12.0. The van der Waals surface area contributed by atoms with Crippen LogP contribution in [0.2, 0.25) is 0 Å². The molecule has 2 aliphatic heterocycles. The van der Waals surface area contributed by atoms with Gasteiger partial charge in [-0.2, -0.15) is 0 Å². The lowest BCUT2D eigenvalue weighted by Crippen LogP contribution is -2.43. The van der Waals surface area contributed by atoms with Crippen LogP contribution in [0, 0.1) is 5.92 Å². The van der Waals surface area contributed by atoms with E-state index in [9.17, 15) is 4.79 Å². The molecule has 4 rings (SSSR count). The molecule has 25 heavy (non-hydrogen) atoms. The number of aromatic amines is 1. The summed E-state index contributed by atoms with van der Waals surface area (Å²) in [5.41, 5.74) is 4.83. The number of carbonyl (C=O) groups is 1. The minimum Gasteiger partial charge on any atom is -0.468 e. The van der Waals surface area contributed by atoms with Crippen LogP contribution in [-0.4, -0.2) is 36.1 Å². The van der Waals surface area contributed by atoms with Gasteiger partial charge in [-0.3, -0.25) is 9.69 Å². The topological polar surface area (TPSA) is 45.3 Å². The van der Waals surface area contributed by atoms with Crippen LogP contribution in [0.15, 0.2) is 35.9 Å². The van der Waals surface area contributed by atoms with Gasteiger partial charge in [-0.1, -0.05) is 59.4 Å². The van der Waals surface area contributed by atoms with Gasteiger partial charge in [-0.15, -0.1) is 0 Å². The highest BCUT2D eigenvalue weighted by molar-refractivity contribution is 14.1. The van der Waals surface area contributed by atoms with Crippen LogP contribution in [0.25, 0.3) is 10.9 Å². The van der Waals surface area contributed by atoms with Gasteiger partial charge >= 0.3 is 5.97 Å². The van der Waals surface area contributed by atoms with Crippen LogP contribution in [-0.2, 0) is 19.5 Å². The molecular weight excluding hydrogens is 427 g/mol. The van der Waals surface area contributed by atoms with Gasteiger partial charge in [0, 0.05) is 36.2 Å². The summed E-state index contributed by atoms with van der Waals surface area (Å²) in [6, 6.07) is 8.34. The Morgan fingerprint density at radius 3 is 2.96 bits per heavy atom. The van der Waals surface area contributed by atoms with Gasteiger partial charge in [-0.05, 0) is 30.4 Å². The Kier molecular flexibility index (Phi) is 4.40. The number of nitrogens with zero attached hydrogens (tertiary/aromatic N) is 1. The number of alkyl halides is 1. The molecule has 0 amide bonds. The maximum atomic E-state index is 12.8. The summed E-state index contributed by atoms with van der Waals surface area (Å²) in [7, 11) is 1.49. The Morgan fingerprint density at radius 1 is 1.40 bits per heavy atom. The summed E-state index contributed by atoms with van der Waals surface area (Å²) in [4.78, 5) is 18.9. The Balaban J connectivity index is 1.92. The van der Waals surface area contributed by atoms with E-state index in [-0.39, 0.29) is 5.97 Å². The molecule has 3 atom stereocenters. The third-order valence-corrected chi connectivity index (χ3v) is 6.91. The van der Waals surface area contributed by atoms with E-state index in [0.29, 0.717) is 5.92 Å². The molecule has 2 bridgehead atoms. The van der Waals surface area contributed by atoms with E-state index in [2.05, 4.69) is 63.7 Å². The number of hydrogen-bond donors (Lipinski definition) is 1. The summed E-state index contributed by atoms with van der Waals surface area (Å²) < 4.78 is 4.56. The molecule has 1 aromatic carbocycles. The number of hydrogen-bond acceptors (Lipinski definition) is 3. The molecule has 4 nitrogen and oxygen atoms in total. The minimum atomic E-state index is -0.676. The highest BCUT2D eigenvalue weighted by Crippen LogP contribution is 2.46. The van der Waals surface area contributed by atoms with E-state index < -0.39 is 3.42 Å². The van der Waals surface area contributed by atoms with E-state index in [4.69, 9.17) is 4.74 Å². The van der Waals surface area contributed by atoms with Gasteiger partial charge in [0.2, 0.25) is 0 Å². The zero-order valence-corrected chi connectivity index (χ0v) is 16.8. The Hall–Kier alpha value is -1.34. The van der Waals surface area contributed by atoms with Crippen molar-refractivity contribution in [2.75, 3.05) is 20.2 Å². The number of H-pyrrole nitrogens is 1. The number of methoxy groups -OCH3 is 1. The number of halogens is 1. The van der Waals surface area contributed by atoms with Crippen LogP contribution < -0.4 is 0 Å². The molecule has 3 heterocycles. The van der Waals surface area contributed by atoms with Gasteiger partial charge in [0.1, 0.15) is 0 Å². The summed E-state index contributed by atoms with van der Waals surface area (Å²) >= 11 is 2.32. The Morgan fingerprint density at radius 2 is 2.20 bits per heavy atom. The van der Waals surface area contributed by atoms with Crippen molar-refractivity contribution in [2.24, 2.45) is 5.92 Å². The molecule has 0 spiro atoms. The molecule has 132 valence electrons. The summed E-state index contributed by atoms with van der Waals surface area (Å²) in [6.45, 7) is 5.12. The van der Waals surface area contributed by atoms with Crippen molar-refractivity contribution in [3.63, 3.8) is 0 Å². The summed E-state index contributed by atoms with van der Waals surface area (Å²) in [5, 5.41) is 1.22. The van der Waals surface area contributed by atoms with Crippen molar-refractivity contribution in [1.29, 1.82) is 0 Å². The number of rotatable bonds is 2. The quantitative estimate of drug-likeness (QED) is 0.324. The van der Waals surface area contributed by atoms with Gasteiger partial charge < -0.3 is 9.72 Å². The molecule has 0 aliphatic carbocycles. The molecule has 0 radical (unpaired) electrons. The highest BCUT2D eigenvalue weighted by atomic mass is 127. The zero-order valence-electron chi connectivity index (χ0n) is 14.6. The third-order valence-electron chi connectivity index (χ3n) is 5.49. The predicted molar refractivity (Wildman–Crippen MR) is 108 cm³/mol. The van der Waals surface area contributed by atoms with Crippen LogP contribution in [0.1, 0.15) is 31.0 Å². The number of esters is 1. The number of aromatic nitrogens is 1. The van der Waals surface area contributed by atoms with E-state index in [1.54, 1.807) is 0 Å². The number of nitrogens with one attached hydrogen (secondary N) is 1. The first kappa shape index (κ1) is 17.1. The van der Waals surface area contributed by atoms with E-state index >= 15 is 0 Å². The molecule has 2 aromatic rings. The molecule has 5 heteroatoms. The summed E-state index contributed by atoms with van der Waals surface area (Å²) in [5.74, 6) is 0.214. The number of fused-ring (bicyclic) bond motifs is 5. The maximum Gasteiger partial charge on any atom is 0.327 e. The van der Waals surface area contributed by atoms with Crippen molar-refractivity contribution >= 4 is 39.5 Å². The minimum absolute atomic E-state index is 0.161. The number of carbonyl (C=O) groups excluding carboxylic acids is 1. The molecule has 0 saturated heterocycles. The fourth-order valence-corrected chi connectivity index (χ4v) is 5.58. The van der Waals surface area contributed by atoms with Crippen LogP contribution >= 0.6 is 22.6 Å². The standard InChI is InChI=1S/C20H23IN2O2/c1-3-13-8-14-9-20(21,19(24)25-2)18-16(12-23(10-13)11-14)15-6-4-5-7-17(15)22-18/h4-8,14,22H,3,9-12H2,1-2H3/t14-,20+/m1/s1. The van der Waals surface area contributed by atoms with Gasteiger partial charge in [0.15, 0.2) is 3.42 Å². The van der Waals surface area contributed by atoms with Crippen LogP contribution in [0.5, 0.6) is 0 Å². The highest BCUT2D eigenvalue weighted by Gasteiger charge is 2.46. The second-order valence-corrected chi connectivity index (χ2v) is 8.97. The lowest BCUT2D eigenvalue weighted by molar-refractivity contribution is -0.143. The van der Waals surface area contributed by atoms with Crippen molar-refractivity contribution < 1.29 is 9.53 Å². The third kappa shape index (κ3) is 2.81. The van der Waals surface area contributed by atoms with Crippen molar-refractivity contribution in [3.05, 3.63) is 47.2 Å². The average Bonchev–Trinajstić information content (AvgIpc) is 2.99. The van der Waals surface area contributed by atoms with Crippen molar-refractivity contribution in [3.8, 4) is 0 Å². The van der Waals surface area contributed by atoms with Crippen molar-refractivity contribution in [2.45, 2.75) is 29.7 Å². The Bertz CT molecular complexity index is 856. The molecule has 0 saturated carbocycles. The average molecular weight is 450 g/mol. The smallest absolute Gasteiger partial charge is 0.327 e. The Labute approximate surface area is 161 Å². The molecule has 1 N–H and O–H groups in total. The predicted octanol–water partition coefficient (Wildman–Crippen LogP) is 4.14. The number of ether oxygens (including phenoxy) is 1. The first-order valence-corrected chi connectivity index (χ1v) is 9.92. The largest absolute Gasteiger partial charge is 0.468 e. The SMILES string of the molecule is CCC1=C[C@H]2CN(C1)Cc1c([nH]c3ccccc13)[C@](I)(C(=O)OC)C2. The van der Waals surface area contributed by atoms with Gasteiger partial charge in [-0.25, -0.2) is 0 Å². The van der Waals surface area contributed by atoms with E-state index in [0.717, 1.165) is 43.7 Å². The number of benzene rings is 1. The van der Waals surface area contributed by atoms with Crippen molar-refractivity contribution in [1.82, 2.24) is 9.88 Å². The fourth-order valence-electron chi connectivity index (χ4n) is 4.33. The summed E-state index contributed by atoms with van der Waals surface area (Å²) in [6.07, 6.45) is 4.22. The molecule has 1 aromatic heterocycles. The van der Waals surface area contributed by atoms with Crippen LogP contribution in [0.4, 0.5) is 0 Å². The maximum absolute atomic E-state index is 12.8. The fraction of sp³-hybridized carbons (Fsp3) is 0.450. The van der Waals surface area contributed by atoms with Gasteiger partial charge in [0.25, 0.3) is 0 Å². The lowest BCUT2D eigenvalue weighted by Gasteiger charge is -2.39. The number of para-hydroxylation sites is 1. The lowest BCUT2D eigenvalue weighted by atomic mass is 9.84. The van der Waals surface area contributed by atoms with E-state index in [1.165, 1.54) is 23.6 Å². The van der Waals surface area contributed by atoms with Gasteiger partial charge in [0.05, 0.1) is 7.11 Å². The second kappa shape index (κ2) is 6.43. The molecule has 0 fully saturated rings.